The number of nitrogens with two attached hydrogens (primary N) is 1. The lowest BCUT2D eigenvalue weighted by Crippen LogP contribution is -2.37. The Morgan fingerprint density at radius 2 is 1.62 bits per heavy atom. The molecule has 0 radical (unpaired) electrons. The van der Waals surface area contributed by atoms with Crippen LogP contribution < -0.4 is 10.5 Å². The summed E-state index contributed by atoms with van der Waals surface area (Å²) in [7, 11) is 0. The minimum absolute atomic E-state index is 0.0411. The molecule has 184 valence electrons. The van der Waals surface area contributed by atoms with Crippen molar-refractivity contribution in [3.8, 4) is 5.75 Å². The van der Waals surface area contributed by atoms with Crippen LogP contribution >= 0.6 is 0 Å². The first-order valence-corrected chi connectivity index (χ1v) is 10.5. The van der Waals surface area contributed by atoms with Crippen molar-refractivity contribution in [3.05, 3.63) is 77.6 Å². The highest BCUT2D eigenvalue weighted by molar-refractivity contribution is 5.94. The number of likely N-dealkylation sites (tertiary alicyclic amines) is 1. The van der Waals surface area contributed by atoms with E-state index in [1.165, 1.54) is 5.56 Å². The van der Waals surface area contributed by atoms with Crippen LogP contribution in [0.2, 0.25) is 0 Å². The predicted octanol–water partition coefficient (Wildman–Crippen LogP) is 4.53. The Hall–Kier alpha value is -3.40. The van der Waals surface area contributed by atoms with Crippen LogP contribution in [0, 0.1) is 0 Å². The van der Waals surface area contributed by atoms with Gasteiger partial charge in [-0.05, 0) is 48.6 Å². The first-order valence-electron chi connectivity index (χ1n) is 10.5. The lowest BCUT2D eigenvalue weighted by atomic mass is 9.89. The Labute approximate surface area is 194 Å². The van der Waals surface area contributed by atoms with Gasteiger partial charge in [0.2, 0.25) is 0 Å². The Morgan fingerprint density at radius 1 is 1.06 bits per heavy atom. The lowest BCUT2D eigenvalue weighted by Gasteiger charge is -2.32. The number of rotatable bonds is 6. The second-order valence-electron chi connectivity index (χ2n) is 7.56. The monoisotopic (exact) mass is 482 g/mol. The van der Waals surface area contributed by atoms with Crippen molar-refractivity contribution in [1.29, 1.82) is 0 Å². The fourth-order valence-electron chi connectivity index (χ4n) is 3.33. The molecule has 1 fully saturated rings. The number of ether oxygens (including phenoxy) is 1. The molecule has 1 aliphatic rings. The average molecular weight is 482 g/mol. The van der Waals surface area contributed by atoms with Crippen LogP contribution in [0.1, 0.15) is 34.7 Å². The van der Waals surface area contributed by atoms with E-state index in [9.17, 15) is 22.4 Å². The smallest absolute Gasteiger partial charge is 0.489 e. The molecular weight excluding hydrogens is 456 g/mol. The molecular formula is C24H26F4N2O4. The van der Waals surface area contributed by atoms with Crippen molar-refractivity contribution in [2.24, 2.45) is 5.73 Å². The zero-order valence-electron chi connectivity index (χ0n) is 18.3. The molecule has 0 bridgehead atoms. The summed E-state index contributed by atoms with van der Waals surface area (Å²) in [5.74, 6) is -1.61. The first kappa shape index (κ1) is 26.8. The van der Waals surface area contributed by atoms with Crippen molar-refractivity contribution in [1.82, 2.24) is 4.90 Å². The molecule has 1 heterocycles. The molecule has 0 saturated carbocycles. The highest BCUT2D eigenvalue weighted by Crippen LogP contribution is 2.28. The average Bonchev–Trinajstić information content (AvgIpc) is 2.85. The Morgan fingerprint density at radius 3 is 2.09 bits per heavy atom. The van der Waals surface area contributed by atoms with E-state index in [-0.39, 0.29) is 19.1 Å². The molecule has 0 aromatic heterocycles. The van der Waals surface area contributed by atoms with Gasteiger partial charge in [-0.1, -0.05) is 30.3 Å². The molecule has 1 saturated heterocycles. The normalized spacial score (nSPS) is 14.7. The van der Waals surface area contributed by atoms with E-state index in [1.807, 2.05) is 11.0 Å². The Bertz CT molecular complexity index is 955. The number of nitrogens with zero attached hydrogens (tertiary/aromatic N) is 1. The van der Waals surface area contributed by atoms with Gasteiger partial charge in [-0.15, -0.1) is 0 Å². The summed E-state index contributed by atoms with van der Waals surface area (Å²) in [6, 6.07) is 17.5. The molecule has 0 spiro atoms. The Balaban J connectivity index is 0.000000509. The second kappa shape index (κ2) is 12.7. The zero-order chi connectivity index (χ0) is 25.1. The minimum atomic E-state index is -5.08. The standard InChI is InChI=1S/C22H25FN2O2.C2HF3O2/c23-14-17(15-24)16-27-21-8-6-20(7-9-21)22(26)25-12-10-19(11-13-25)18-4-2-1-3-5-18;3-2(4,5)1(6)7/h1-9,14,19H,10-13,15-16,24H2;(H,6,7). The van der Waals surface area contributed by atoms with E-state index < -0.39 is 12.1 Å². The number of amides is 1. The largest absolute Gasteiger partial charge is 0.490 e. The zero-order valence-corrected chi connectivity index (χ0v) is 18.3. The van der Waals surface area contributed by atoms with Gasteiger partial charge < -0.3 is 20.5 Å². The summed E-state index contributed by atoms with van der Waals surface area (Å²) >= 11 is 0. The number of hydrogen-bond acceptors (Lipinski definition) is 4. The summed E-state index contributed by atoms with van der Waals surface area (Å²) in [5, 5.41) is 7.12. The quantitative estimate of drug-likeness (QED) is 0.591. The van der Waals surface area contributed by atoms with E-state index in [2.05, 4.69) is 24.3 Å². The fraction of sp³-hybridized carbons (Fsp3) is 0.333. The predicted molar refractivity (Wildman–Crippen MR) is 118 cm³/mol. The maximum Gasteiger partial charge on any atom is 0.490 e. The van der Waals surface area contributed by atoms with E-state index >= 15 is 0 Å². The molecule has 0 unspecified atom stereocenters. The van der Waals surface area contributed by atoms with Crippen LogP contribution in [0.4, 0.5) is 17.6 Å². The summed E-state index contributed by atoms with van der Waals surface area (Å²) < 4.78 is 49.7. The Kier molecular flexibility index (Phi) is 10.1. The number of carboxylic acid groups (broad SMARTS) is 1. The van der Waals surface area contributed by atoms with Gasteiger partial charge in [0.15, 0.2) is 0 Å². The van der Waals surface area contributed by atoms with E-state index in [0.29, 0.717) is 29.1 Å². The third kappa shape index (κ3) is 8.18. The van der Waals surface area contributed by atoms with Crippen LogP contribution in [0.25, 0.3) is 0 Å². The van der Waals surface area contributed by atoms with Crippen molar-refractivity contribution in [3.63, 3.8) is 0 Å². The number of alkyl halides is 3. The number of piperidine rings is 1. The third-order valence-corrected chi connectivity index (χ3v) is 5.24. The molecule has 3 rings (SSSR count). The van der Waals surface area contributed by atoms with Crippen LogP contribution in [0.15, 0.2) is 66.5 Å². The molecule has 1 aliphatic heterocycles. The second-order valence-corrected chi connectivity index (χ2v) is 7.56. The maximum atomic E-state index is 12.7. The molecule has 2 aromatic rings. The van der Waals surface area contributed by atoms with E-state index in [4.69, 9.17) is 20.4 Å². The number of benzene rings is 2. The van der Waals surface area contributed by atoms with Gasteiger partial charge in [0.05, 0.1) is 6.33 Å². The fourth-order valence-corrected chi connectivity index (χ4v) is 3.33. The third-order valence-electron chi connectivity index (χ3n) is 5.24. The molecule has 10 heteroatoms. The summed E-state index contributed by atoms with van der Waals surface area (Å²) in [6.45, 7) is 1.74. The molecule has 0 aliphatic carbocycles. The molecule has 1 amide bonds. The van der Waals surface area contributed by atoms with Crippen LogP contribution in [0.3, 0.4) is 0 Å². The number of carbonyl (C=O) groups excluding carboxylic acids is 1. The van der Waals surface area contributed by atoms with Crippen LogP contribution in [0.5, 0.6) is 5.75 Å². The molecule has 3 N–H and O–H groups in total. The number of carboxylic acids is 1. The van der Waals surface area contributed by atoms with Gasteiger partial charge in [-0.25, -0.2) is 9.18 Å². The van der Waals surface area contributed by atoms with Gasteiger partial charge in [0.25, 0.3) is 5.91 Å². The minimum Gasteiger partial charge on any atom is -0.489 e. The number of aliphatic carboxylic acids is 1. The van der Waals surface area contributed by atoms with Crippen LogP contribution in [-0.4, -0.2) is 54.3 Å². The van der Waals surface area contributed by atoms with Gasteiger partial charge >= 0.3 is 12.1 Å². The molecule has 0 atom stereocenters. The highest BCUT2D eigenvalue weighted by Gasteiger charge is 2.38. The van der Waals surface area contributed by atoms with Gasteiger partial charge in [-0.3, -0.25) is 4.79 Å². The summed E-state index contributed by atoms with van der Waals surface area (Å²) in [4.78, 5) is 23.5. The lowest BCUT2D eigenvalue weighted by molar-refractivity contribution is -0.192. The molecule has 2 aromatic carbocycles. The first-order chi connectivity index (χ1) is 16.2. The highest BCUT2D eigenvalue weighted by atomic mass is 19.4. The van der Waals surface area contributed by atoms with E-state index in [0.717, 1.165) is 25.9 Å². The van der Waals surface area contributed by atoms with Crippen molar-refractivity contribution in [2.75, 3.05) is 26.2 Å². The van der Waals surface area contributed by atoms with E-state index in [1.54, 1.807) is 24.3 Å². The molecule has 34 heavy (non-hydrogen) atoms. The van der Waals surface area contributed by atoms with Crippen LogP contribution in [-0.2, 0) is 4.79 Å². The van der Waals surface area contributed by atoms with Crippen molar-refractivity contribution in [2.45, 2.75) is 24.9 Å². The van der Waals surface area contributed by atoms with Gasteiger partial charge in [0.1, 0.15) is 12.4 Å². The SMILES string of the molecule is NCC(=CF)COc1ccc(C(=O)N2CCC(c3ccccc3)CC2)cc1.O=C(O)C(F)(F)F. The number of carbonyl (C=O) groups is 2. The summed E-state index contributed by atoms with van der Waals surface area (Å²) in [6.07, 6.45) is -2.65. The maximum absolute atomic E-state index is 12.7. The number of hydrogen-bond donors (Lipinski definition) is 2. The molecule has 6 nitrogen and oxygen atoms in total. The summed E-state index contributed by atoms with van der Waals surface area (Å²) in [5.41, 5.74) is 7.78. The van der Waals surface area contributed by atoms with Gasteiger partial charge in [0, 0.05) is 30.8 Å². The van der Waals surface area contributed by atoms with Gasteiger partial charge in [-0.2, -0.15) is 13.2 Å². The topological polar surface area (TPSA) is 92.9 Å². The number of halogens is 4. The van der Waals surface area contributed by atoms with Crippen molar-refractivity contribution < 1.29 is 37.0 Å². The van der Waals surface area contributed by atoms with Crippen molar-refractivity contribution >= 4 is 11.9 Å².